The third-order valence-electron chi connectivity index (χ3n) is 3.97. The second kappa shape index (κ2) is 6.48. The van der Waals surface area contributed by atoms with Gasteiger partial charge in [-0.25, -0.2) is 4.39 Å². The Morgan fingerprint density at radius 3 is 2.75 bits per heavy atom. The molecule has 0 unspecified atom stereocenters. The predicted octanol–water partition coefficient (Wildman–Crippen LogP) is 3.33. The average Bonchev–Trinajstić information content (AvgIpc) is 2.48. The van der Waals surface area contributed by atoms with E-state index in [9.17, 15) is 14.3 Å². The summed E-state index contributed by atoms with van der Waals surface area (Å²) in [5, 5.41) is 12.5. The van der Waals surface area contributed by atoms with E-state index in [-0.39, 0.29) is 16.1 Å². The van der Waals surface area contributed by atoms with Crippen LogP contribution in [-0.2, 0) is 0 Å². The van der Waals surface area contributed by atoms with E-state index in [4.69, 9.17) is 0 Å². The largest absolute Gasteiger partial charge is 0.507 e. The lowest BCUT2D eigenvalue weighted by atomic mass is 9.88. The average molecular weight is 297 g/mol. The number of benzene rings is 1. The Kier molecular flexibility index (Phi) is 4.91. The van der Waals surface area contributed by atoms with E-state index in [0.717, 1.165) is 25.0 Å². The van der Waals surface area contributed by atoms with Gasteiger partial charge in [0.15, 0.2) is 0 Å². The summed E-state index contributed by atoms with van der Waals surface area (Å²) in [4.78, 5) is 12.1. The van der Waals surface area contributed by atoms with E-state index in [0.29, 0.717) is 6.54 Å². The van der Waals surface area contributed by atoms with Crippen molar-refractivity contribution in [3.8, 4) is 5.75 Å². The van der Waals surface area contributed by atoms with Crippen LogP contribution in [0.15, 0.2) is 18.2 Å². The molecule has 0 aliphatic heterocycles. The second-order valence-corrected chi connectivity index (χ2v) is 6.57. The minimum atomic E-state index is -0.523. The first-order chi connectivity index (χ1) is 9.56. The van der Waals surface area contributed by atoms with Gasteiger partial charge < -0.3 is 10.4 Å². The first-order valence-electron chi connectivity index (χ1n) is 6.88. The monoisotopic (exact) mass is 297 g/mol. The second-order valence-electron chi connectivity index (χ2n) is 5.29. The van der Waals surface area contributed by atoms with Crippen molar-refractivity contribution in [2.24, 2.45) is 0 Å². The highest BCUT2D eigenvalue weighted by Crippen LogP contribution is 2.38. The number of carbonyl (C=O) groups excluding carboxylic acids is 1. The molecule has 110 valence electrons. The van der Waals surface area contributed by atoms with Crippen LogP contribution in [0.2, 0.25) is 0 Å². The highest BCUT2D eigenvalue weighted by Gasteiger charge is 2.31. The molecule has 2 N–H and O–H groups in total. The maximum atomic E-state index is 13.1. The van der Waals surface area contributed by atoms with Crippen LogP contribution in [0.25, 0.3) is 0 Å². The fourth-order valence-corrected chi connectivity index (χ4v) is 3.59. The summed E-state index contributed by atoms with van der Waals surface area (Å²) in [5.74, 6) is -1.13. The highest BCUT2D eigenvalue weighted by molar-refractivity contribution is 8.00. The quantitative estimate of drug-likeness (QED) is 0.896. The zero-order chi connectivity index (χ0) is 14.6. The fraction of sp³-hybridized carbons (Fsp3) is 0.533. The van der Waals surface area contributed by atoms with Crippen molar-refractivity contribution >= 4 is 17.7 Å². The topological polar surface area (TPSA) is 49.3 Å². The van der Waals surface area contributed by atoms with Crippen LogP contribution < -0.4 is 5.32 Å². The molecule has 1 aromatic rings. The Balaban J connectivity index is 2.02. The van der Waals surface area contributed by atoms with Crippen molar-refractivity contribution in [1.82, 2.24) is 5.32 Å². The summed E-state index contributed by atoms with van der Waals surface area (Å²) in [6, 6.07) is 3.41. The van der Waals surface area contributed by atoms with Crippen LogP contribution in [0.1, 0.15) is 42.5 Å². The molecule has 0 atom stereocenters. The molecular weight excluding hydrogens is 277 g/mol. The van der Waals surface area contributed by atoms with E-state index >= 15 is 0 Å². The van der Waals surface area contributed by atoms with E-state index in [1.54, 1.807) is 11.8 Å². The molecule has 5 heteroatoms. The third kappa shape index (κ3) is 3.45. The highest BCUT2D eigenvalue weighted by atomic mass is 32.2. The molecule has 20 heavy (non-hydrogen) atoms. The smallest absolute Gasteiger partial charge is 0.255 e. The number of halogens is 1. The van der Waals surface area contributed by atoms with Crippen molar-refractivity contribution in [1.29, 1.82) is 0 Å². The lowest BCUT2D eigenvalue weighted by Crippen LogP contribution is -2.41. The Bertz CT molecular complexity index is 487. The van der Waals surface area contributed by atoms with Gasteiger partial charge in [-0.15, -0.1) is 0 Å². The van der Waals surface area contributed by atoms with Crippen molar-refractivity contribution in [2.75, 3.05) is 12.8 Å². The summed E-state index contributed by atoms with van der Waals surface area (Å²) >= 11 is 1.79. The summed E-state index contributed by atoms with van der Waals surface area (Å²) in [6.07, 6.45) is 7.86. The van der Waals surface area contributed by atoms with Gasteiger partial charge in [-0.1, -0.05) is 19.3 Å². The van der Waals surface area contributed by atoms with Gasteiger partial charge in [-0.05, 0) is 37.3 Å². The van der Waals surface area contributed by atoms with Crippen molar-refractivity contribution in [3.63, 3.8) is 0 Å². The molecule has 0 spiro atoms. The Morgan fingerprint density at radius 1 is 1.40 bits per heavy atom. The minimum Gasteiger partial charge on any atom is -0.507 e. The maximum Gasteiger partial charge on any atom is 0.255 e. The van der Waals surface area contributed by atoms with Crippen LogP contribution in [-0.4, -0.2) is 28.6 Å². The molecule has 1 aliphatic carbocycles. The molecule has 0 bridgehead atoms. The number of amides is 1. The Labute approximate surface area is 123 Å². The molecule has 0 heterocycles. The van der Waals surface area contributed by atoms with Crippen LogP contribution in [0.3, 0.4) is 0 Å². The molecular formula is C15H20FNO2S. The SMILES string of the molecule is CSC1(CNC(=O)c2cc(F)ccc2O)CCCCC1. The standard InChI is InChI=1S/C15H20FNO2S/c1-20-15(7-3-2-4-8-15)10-17-14(19)12-9-11(16)5-6-13(12)18/h5-6,9,18H,2-4,7-8,10H2,1H3,(H,17,19). The van der Waals surface area contributed by atoms with Gasteiger partial charge in [-0.2, -0.15) is 11.8 Å². The summed E-state index contributed by atoms with van der Waals surface area (Å²) in [5.41, 5.74) is -0.00272. The van der Waals surface area contributed by atoms with E-state index < -0.39 is 11.7 Å². The van der Waals surface area contributed by atoms with Crippen LogP contribution in [0, 0.1) is 5.82 Å². The molecule has 2 rings (SSSR count). The molecule has 0 radical (unpaired) electrons. The lowest BCUT2D eigenvalue weighted by molar-refractivity contribution is 0.0943. The molecule has 1 fully saturated rings. The van der Waals surface area contributed by atoms with Crippen LogP contribution in [0.5, 0.6) is 5.75 Å². The molecule has 0 saturated heterocycles. The van der Waals surface area contributed by atoms with Gasteiger partial charge in [0, 0.05) is 11.3 Å². The number of thioether (sulfide) groups is 1. The third-order valence-corrected chi connectivity index (χ3v) is 5.39. The van der Waals surface area contributed by atoms with Crippen molar-refractivity contribution in [2.45, 2.75) is 36.9 Å². The van der Waals surface area contributed by atoms with E-state index in [1.165, 1.54) is 25.3 Å². The zero-order valence-electron chi connectivity index (χ0n) is 11.6. The van der Waals surface area contributed by atoms with Gasteiger partial charge in [0.05, 0.1) is 5.56 Å². The summed E-state index contributed by atoms with van der Waals surface area (Å²) in [6.45, 7) is 0.558. The normalized spacial score (nSPS) is 17.7. The fourth-order valence-electron chi connectivity index (χ4n) is 2.68. The van der Waals surface area contributed by atoms with Gasteiger partial charge in [-0.3, -0.25) is 4.79 Å². The molecule has 1 amide bonds. The van der Waals surface area contributed by atoms with Gasteiger partial charge >= 0.3 is 0 Å². The number of nitrogens with one attached hydrogen (secondary N) is 1. The van der Waals surface area contributed by atoms with E-state index in [1.807, 2.05) is 0 Å². The Morgan fingerprint density at radius 2 is 2.10 bits per heavy atom. The minimum absolute atomic E-state index is 0.00272. The number of aromatic hydroxyl groups is 1. The molecule has 1 aliphatic rings. The van der Waals surface area contributed by atoms with Crippen LogP contribution >= 0.6 is 11.8 Å². The lowest BCUT2D eigenvalue weighted by Gasteiger charge is -2.35. The maximum absolute atomic E-state index is 13.1. The van der Waals surface area contributed by atoms with Crippen molar-refractivity contribution < 1.29 is 14.3 Å². The molecule has 1 saturated carbocycles. The summed E-state index contributed by atoms with van der Waals surface area (Å²) in [7, 11) is 0. The molecule has 3 nitrogen and oxygen atoms in total. The predicted molar refractivity (Wildman–Crippen MR) is 79.7 cm³/mol. The number of phenols is 1. The van der Waals surface area contributed by atoms with E-state index in [2.05, 4.69) is 11.6 Å². The number of hydrogen-bond donors (Lipinski definition) is 2. The zero-order valence-corrected chi connectivity index (χ0v) is 12.4. The molecule has 0 aromatic heterocycles. The van der Waals surface area contributed by atoms with Crippen LogP contribution in [0.4, 0.5) is 4.39 Å². The summed E-state index contributed by atoms with van der Waals surface area (Å²) < 4.78 is 13.2. The van der Waals surface area contributed by atoms with Gasteiger partial charge in [0.1, 0.15) is 11.6 Å². The first kappa shape index (κ1) is 15.2. The number of rotatable bonds is 4. The first-order valence-corrected chi connectivity index (χ1v) is 8.11. The van der Waals surface area contributed by atoms with Gasteiger partial charge in [0.2, 0.25) is 0 Å². The van der Waals surface area contributed by atoms with Gasteiger partial charge in [0.25, 0.3) is 5.91 Å². The number of phenolic OH excluding ortho intramolecular Hbond substituents is 1. The van der Waals surface area contributed by atoms with Crippen molar-refractivity contribution in [3.05, 3.63) is 29.6 Å². The molecule has 1 aromatic carbocycles. The number of hydrogen-bond acceptors (Lipinski definition) is 3. The number of carbonyl (C=O) groups is 1. The Hall–Kier alpha value is -1.23.